The van der Waals surface area contributed by atoms with Crippen LogP contribution in [0.2, 0.25) is 0 Å². The van der Waals surface area contributed by atoms with Crippen molar-refractivity contribution in [2.75, 3.05) is 18.0 Å². The maximum atomic E-state index is 12.5. The number of carbonyl (C=O) groups is 1. The number of ether oxygens (including phenoxy) is 1. The van der Waals surface area contributed by atoms with Gasteiger partial charge in [0.25, 0.3) is 5.91 Å². The molecule has 1 amide bonds. The Morgan fingerprint density at radius 3 is 2.58 bits per heavy atom. The van der Waals surface area contributed by atoms with Crippen LogP contribution in [0.4, 0.5) is 5.69 Å². The molecule has 2 N–H and O–H groups in total. The first-order valence-electron chi connectivity index (χ1n) is 6.89. The molecule has 1 aliphatic heterocycles. The summed E-state index contributed by atoms with van der Waals surface area (Å²) in [6.45, 7) is 5.15. The van der Waals surface area contributed by atoms with Gasteiger partial charge in [0.2, 0.25) is 0 Å². The van der Waals surface area contributed by atoms with Crippen molar-refractivity contribution in [2.45, 2.75) is 38.9 Å². The fourth-order valence-electron chi connectivity index (χ4n) is 2.42. The summed E-state index contributed by atoms with van der Waals surface area (Å²) in [5.41, 5.74) is 7.70. The second-order valence-electron chi connectivity index (χ2n) is 4.98. The van der Waals surface area contributed by atoms with E-state index in [1.54, 1.807) is 4.90 Å². The molecule has 0 aliphatic carbocycles. The fraction of sp³-hybridized carbons (Fsp3) is 0.533. The van der Waals surface area contributed by atoms with Gasteiger partial charge in [0.15, 0.2) is 0 Å². The number of amides is 1. The van der Waals surface area contributed by atoms with Crippen LogP contribution < -0.4 is 10.6 Å². The Morgan fingerprint density at radius 1 is 1.37 bits per heavy atom. The van der Waals surface area contributed by atoms with Gasteiger partial charge in [-0.3, -0.25) is 4.79 Å². The van der Waals surface area contributed by atoms with Crippen molar-refractivity contribution >= 4 is 11.6 Å². The van der Waals surface area contributed by atoms with Crippen LogP contribution in [0.1, 0.15) is 25.3 Å². The molecule has 4 heteroatoms. The van der Waals surface area contributed by atoms with Gasteiger partial charge >= 0.3 is 0 Å². The van der Waals surface area contributed by atoms with Crippen LogP contribution in [0.5, 0.6) is 0 Å². The van der Waals surface area contributed by atoms with Crippen molar-refractivity contribution in [1.82, 2.24) is 0 Å². The molecular formula is C15H22N2O2. The molecule has 104 valence electrons. The lowest BCUT2D eigenvalue weighted by Gasteiger charge is -2.24. The SMILES string of the molecule is CCN(C(=O)C1CCC(CN)O1)c1ccc(C)cc1. The number of nitrogens with two attached hydrogens (primary N) is 1. The average Bonchev–Trinajstić information content (AvgIpc) is 2.90. The zero-order chi connectivity index (χ0) is 13.8. The fourth-order valence-corrected chi connectivity index (χ4v) is 2.42. The highest BCUT2D eigenvalue weighted by Gasteiger charge is 2.32. The number of likely N-dealkylation sites (N-methyl/N-ethyl adjacent to an activating group) is 1. The third kappa shape index (κ3) is 3.14. The Kier molecular flexibility index (Phi) is 4.56. The third-order valence-corrected chi connectivity index (χ3v) is 3.57. The van der Waals surface area contributed by atoms with Gasteiger partial charge in [0.05, 0.1) is 6.10 Å². The first-order chi connectivity index (χ1) is 9.15. The molecule has 0 saturated carbocycles. The molecule has 0 radical (unpaired) electrons. The van der Waals surface area contributed by atoms with E-state index in [1.807, 2.05) is 38.1 Å². The Labute approximate surface area is 114 Å². The van der Waals surface area contributed by atoms with Crippen LogP contribution in [0.3, 0.4) is 0 Å². The van der Waals surface area contributed by atoms with Gasteiger partial charge < -0.3 is 15.4 Å². The van der Waals surface area contributed by atoms with Crippen molar-refractivity contribution < 1.29 is 9.53 Å². The monoisotopic (exact) mass is 262 g/mol. The standard InChI is InChI=1S/C15H22N2O2/c1-3-17(12-6-4-11(2)5-7-12)15(18)14-9-8-13(10-16)19-14/h4-7,13-14H,3,8-10,16H2,1-2H3. The van der Waals surface area contributed by atoms with Gasteiger partial charge in [-0.05, 0) is 38.8 Å². The minimum Gasteiger partial charge on any atom is -0.364 e. The molecule has 1 fully saturated rings. The summed E-state index contributed by atoms with van der Waals surface area (Å²) in [6.07, 6.45) is 1.34. The average molecular weight is 262 g/mol. The Morgan fingerprint density at radius 2 is 2.05 bits per heavy atom. The number of rotatable bonds is 4. The number of nitrogens with zero attached hydrogens (tertiary/aromatic N) is 1. The zero-order valence-corrected chi connectivity index (χ0v) is 11.6. The number of hydrogen-bond acceptors (Lipinski definition) is 3. The molecule has 19 heavy (non-hydrogen) atoms. The lowest BCUT2D eigenvalue weighted by atomic mass is 10.1. The topological polar surface area (TPSA) is 55.6 Å². The van der Waals surface area contributed by atoms with Crippen LogP contribution in [0.25, 0.3) is 0 Å². The predicted molar refractivity (Wildman–Crippen MR) is 76.2 cm³/mol. The summed E-state index contributed by atoms with van der Waals surface area (Å²) in [5.74, 6) is 0.0438. The summed E-state index contributed by atoms with van der Waals surface area (Å²) in [4.78, 5) is 14.3. The third-order valence-electron chi connectivity index (χ3n) is 3.57. The van der Waals surface area contributed by atoms with Crippen molar-refractivity contribution in [3.63, 3.8) is 0 Å². The molecule has 4 nitrogen and oxygen atoms in total. The first-order valence-corrected chi connectivity index (χ1v) is 6.89. The van der Waals surface area contributed by atoms with Crippen LogP contribution in [0.15, 0.2) is 24.3 Å². The molecule has 1 aliphatic rings. The van der Waals surface area contributed by atoms with Gasteiger partial charge in [-0.25, -0.2) is 0 Å². The molecule has 2 unspecified atom stereocenters. The van der Waals surface area contributed by atoms with Gasteiger partial charge in [-0.15, -0.1) is 0 Å². The molecule has 1 heterocycles. The minimum absolute atomic E-state index is 0.0330. The molecule has 2 atom stereocenters. The number of anilines is 1. The highest BCUT2D eigenvalue weighted by Crippen LogP contribution is 2.23. The van der Waals surface area contributed by atoms with Crippen LogP contribution in [-0.4, -0.2) is 31.2 Å². The summed E-state index contributed by atoms with van der Waals surface area (Å²) in [5, 5.41) is 0. The van der Waals surface area contributed by atoms with Crippen molar-refractivity contribution in [1.29, 1.82) is 0 Å². The summed E-state index contributed by atoms with van der Waals surface area (Å²) < 4.78 is 5.68. The molecule has 0 aromatic heterocycles. The van der Waals surface area contributed by atoms with Crippen molar-refractivity contribution in [2.24, 2.45) is 5.73 Å². The largest absolute Gasteiger partial charge is 0.364 e. The lowest BCUT2D eigenvalue weighted by Crippen LogP contribution is -2.39. The molecule has 1 aromatic carbocycles. The molecule has 2 rings (SSSR count). The van der Waals surface area contributed by atoms with Gasteiger partial charge in [0, 0.05) is 18.8 Å². The van der Waals surface area contributed by atoms with E-state index >= 15 is 0 Å². The van der Waals surface area contributed by atoms with Gasteiger partial charge in [-0.1, -0.05) is 17.7 Å². The Bertz CT molecular complexity index is 430. The first kappa shape index (κ1) is 14.0. The molecular weight excluding hydrogens is 240 g/mol. The summed E-state index contributed by atoms with van der Waals surface area (Å²) >= 11 is 0. The summed E-state index contributed by atoms with van der Waals surface area (Å²) in [7, 11) is 0. The minimum atomic E-state index is -0.338. The van der Waals surface area contributed by atoms with Gasteiger partial charge in [-0.2, -0.15) is 0 Å². The Hall–Kier alpha value is -1.39. The van der Waals surface area contributed by atoms with Crippen LogP contribution in [0, 0.1) is 6.92 Å². The van der Waals surface area contributed by atoms with E-state index < -0.39 is 0 Å². The molecule has 0 bridgehead atoms. The van der Waals surface area contributed by atoms with Gasteiger partial charge in [0.1, 0.15) is 6.10 Å². The number of aryl methyl sites for hydroxylation is 1. The predicted octanol–water partition coefficient (Wildman–Crippen LogP) is 1.85. The smallest absolute Gasteiger partial charge is 0.256 e. The van der Waals surface area contributed by atoms with E-state index in [9.17, 15) is 4.79 Å². The van der Waals surface area contributed by atoms with E-state index in [-0.39, 0.29) is 18.1 Å². The number of carbonyl (C=O) groups excluding carboxylic acids is 1. The van der Waals surface area contributed by atoms with E-state index in [4.69, 9.17) is 10.5 Å². The maximum absolute atomic E-state index is 12.5. The number of hydrogen-bond donors (Lipinski definition) is 1. The lowest BCUT2D eigenvalue weighted by molar-refractivity contribution is -0.129. The number of benzene rings is 1. The molecule has 1 aromatic rings. The second-order valence-corrected chi connectivity index (χ2v) is 4.98. The molecule has 0 spiro atoms. The van der Waals surface area contributed by atoms with Crippen LogP contribution >= 0.6 is 0 Å². The van der Waals surface area contributed by atoms with Crippen molar-refractivity contribution in [3.05, 3.63) is 29.8 Å². The maximum Gasteiger partial charge on any atom is 0.256 e. The van der Waals surface area contributed by atoms with E-state index in [2.05, 4.69) is 0 Å². The zero-order valence-electron chi connectivity index (χ0n) is 11.6. The van der Waals surface area contributed by atoms with Crippen LogP contribution in [-0.2, 0) is 9.53 Å². The van der Waals surface area contributed by atoms with E-state index in [0.717, 1.165) is 18.5 Å². The summed E-state index contributed by atoms with van der Waals surface area (Å²) in [6, 6.07) is 7.99. The quantitative estimate of drug-likeness (QED) is 0.901. The second kappa shape index (κ2) is 6.17. The normalized spacial score (nSPS) is 22.5. The van der Waals surface area contributed by atoms with Crippen molar-refractivity contribution in [3.8, 4) is 0 Å². The van der Waals surface area contributed by atoms with E-state index in [0.29, 0.717) is 13.1 Å². The molecule has 1 saturated heterocycles. The Balaban J connectivity index is 2.09. The van der Waals surface area contributed by atoms with E-state index in [1.165, 1.54) is 5.56 Å². The highest BCUT2D eigenvalue weighted by atomic mass is 16.5. The highest BCUT2D eigenvalue weighted by molar-refractivity contribution is 5.96.